The van der Waals surface area contributed by atoms with Crippen molar-refractivity contribution in [2.45, 2.75) is 26.8 Å². The number of carboxylic acid groups (broad SMARTS) is 1. The number of rotatable bonds is 5. The molecule has 0 spiro atoms. The van der Waals surface area contributed by atoms with Crippen molar-refractivity contribution >= 4 is 35.1 Å². The molecule has 0 saturated carbocycles. The van der Waals surface area contributed by atoms with E-state index in [0.717, 1.165) is 0 Å². The second-order valence-corrected chi connectivity index (χ2v) is 6.41. The van der Waals surface area contributed by atoms with Crippen LogP contribution in [0.15, 0.2) is 18.2 Å². The Morgan fingerprint density at radius 3 is 2.48 bits per heavy atom. The number of nitrogens with one attached hydrogen (secondary N) is 1. The average molecular weight is 334 g/mol. The number of amides is 1. The summed E-state index contributed by atoms with van der Waals surface area (Å²) in [5.41, 5.74) is -0.616. The van der Waals surface area contributed by atoms with Crippen molar-refractivity contribution in [3.05, 3.63) is 28.2 Å². The van der Waals surface area contributed by atoms with Crippen LogP contribution in [-0.4, -0.2) is 29.6 Å². The first kappa shape index (κ1) is 17.6. The minimum absolute atomic E-state index is 0.266. The number of ether oxygens (including phenoxy) is 1. The van der Waals surface area contributed by atoms with E-state index < -0.39 is 23.3 Å². The van der Waals surface area contributed by atoms with Crippen molar-refractivity contribution in [3.8, 4) is 5.75 Å². The van der Waals surface area contributed by atoms with Crippen molar-refractivity contribution in [2.24, 2.45) is 5.41 Å². The minimum Gasteiger partial charge on any atom is -0.482 e. The zero-order valence-electron chi connectivity index (χ0n) is 11.9. The standard InChI is InChI=1S/C14H17Cl2NO4/c1-14(2,3)12(13(19)20)17-11(18)7-21-10-6-8(15)4-5-9(10)16/h4-6,12H,7H2,1-3H3,(H,17,18)(H,19,20). The summed E-state index contributed by atoms with van der Waals surface area (Å²) < 4.78 is 5.25. The lowest BCUT2D eigenvalue weighted by Gasteiger charge is -2.27. The van der Waals surface area contributed by atoms with Crippen LogP contribution in [0, 0.1) is 5.41 Å². The zero-order chi connectivity index (χ0) is 16.2. The van der Waals surface area contributed by atoms with Crippen molar-refractivity contribution in [1.29, 1.82) is 0 Å². The fourth-order valence-corrected chi connectivity index (χ4v) is 1.92. The third-order valence-electron chi connectivity index (χ3n) is 2.67. The lowest BCUT2D eigenvalue weighted by molar-refractivity contribution is -0.145. The van der Waals surface area contributed by atoms with E-state index >= 15 is 0 Å². The van der Waals surface area contributed by atoms with Gasteiger partial charge in [0.05, 0.1) is 5.02 Å². The van der Waals surface area contributed by atoms with Gasteiger partial charge in [0, 0.05) is 11.1 Å². The molecule has 0 aliphatic rings. The van der Waals surface area contributed by atoms with Gasteiger partial charge in [-0.2, -0.15) is 0 Å². The molecule has 0 bridgehead atoms. The molecular formula is C14H17Cl2NO4. The first-order valence-corrected chi connectivity index (χ1v) is 6.97. The molecule has 1 unspecified atom stereocenters. The molecule has 1 rings (SSSR count). The van der Waals surface area contributed by atoms with Crippen molar-refractivity contribution in [3.63, 3.8) is 0 Å². The van der Waals surface area contributed by atoms with Crippen LogP contribution in [0.4, 0.5) is 0 Å². The molecule has 0 aliphatic heterocycles. The maximum absolute atomic E-state index is 11.8. The second kappa shape index (κ2) is 7.00. The highest BCUT2D eigenvalue weighted by molar-refractivity contribution is 6.34. The number of hydrogen-bond acceptors (Lipinski definition) is 3. The Morgan fingerprint density at radius 1 is 1.33 bits per heavy atom. The number of carbonyl (C=O) groups excluding carboxylic acids is 1. The van der Waals surface area contributed by atoms with Gasteiger partial charge in [0.15, 0.2) is 6.61 Å². The third-order valence-corrected chi connectivity index (χ3v) is 3.22. The summed E-state index contributed by atoms with van der Waals surface area (Å²) in [5.74, 6) is -1.38. The molecule has 0 heterocycles. The Kier molecular flexibility index (Phi) is 5.87. The van der Waals surface area contributed by atoms with E-state index in [1.165, 1.54) is 6.07 Å². The van der Waals surface area contributed by atoms with Crippen LogP contribution in [0.2, 0.25) is 10.0 Å². The van der Waals surface area contributed by atoms with Crippen LogP contribution < -0.4 is 10.1 Å². The summed E-state index contributed by atoms with van der Waals surface area (Å²) in [7, 11) is 0. The molecule has 1 aromatic carbocycles. The molecule has 1 amide bonds. The van der Waals surface area contributed by atoms with Gasteiger partial charge in [-0.15, -0.1) is 0 Å². The van der Waals surface area contributed by atoms with Gasteiger partial charge in [-0.3, -0.25) is 4.79 Å². The second-order valence-electron chi connectivity index (χ2n) is 5.57. The number of benzene rings is 1. The molecule has 0 aromatic heterocycles. The Morgan fingerprint density at radius 2 is 1.95 bits per heavy atom. The van der Waals surface area contributed by atoms with E-state index in [4.69, 9.17) is 33.0 Å². The molecule has 5 nitrogen and oxygen atoms in total. The minimum atomic E-state index is -1.10. The number of halogens is 2. The van der Waals surface area contributed by atoms with Gasteiger partial charge >= 0.3 is 5.97 Å². The summed E-state index contributed by atoms with van der Waals surface area (Å²) in [5, 5.41) is 12.3. The van der Waals surface area contributed by atoms with E-state index in [0.29, 0.717) is 10.0 Å². The number of hydrogen-bond donors (Lipinski definition) is 2. The third kappa shape index (κ3) is 5.44. The Hall–Kier alpha value is -1.46. The zero-order valence-corrected chi connectivity index (χ0v) is 13.5. The lowest BCUT2D eigenvalue weighted by Crippen LogP contribution is -2.50. The van der Waals surface area contributed by atoms with Crippen LogP contribution in [0.1, 0.15) is 20.8 Å². The molecule has 116 valence electrons. The van der Waals surface area contributed by atoms with Crippen molar-refractivity contribution < 1.29 is 19.4 Å². The maximum Gasteiger partial charge on any atom is 0.326 e. The van der Waals surface area contributed by atoms with Gasteiger partial charge in [0.2, 0.25) is 0 Å². The quantitative estimate of drug-likeness (QED) is 0.868. The maximum atomic E-state index is 11.8. The van der Waals surface area contributed by atoms with E-state index in [9.17, 15) is 9.59 Å². The smallest absolute Gasteiger partial charge is 0.326 e. The van der Waals surface area contributed by atoms with E-state index in [1.807, 2.05) is 0 Å². The predicted octanol–water partition coefficient (Wildman–Crippen LogP) is 2.99. The summed E-state index contributed by atoms with van der Waals surface area (Å²) >= 11 is 11.7. The summed E-state index contributed by atoms with van der Waals surface area (Å²) in [6, 6.07) is 3.61. The Labute approximate surface area is 133 Å². The molecular weight excluding hydrogens is 317 g/mol. The lowest BCUT2D eigenvalue weighted by atomic mass is 9.87. The number of aliphatic carboxylic acids is 1. The van der Waals surface area contributed by atoms with Gasteiger partial charge in [0.1, 0.15) is 11.8 Å². The van der Waals surface area contributed by atoms with Crippen LogP contribution in [-0.2, 0) is 9.59 Å². The van der Waals surface area contributed by atoms with Crippen LogP contribution in [0.25, 0.3) is 0 Å². The normalized spacial score (nSPS) is 12.6. The Balaban J connectivity index is 2.65. The highest BCUT2D eigenvalue weighted by Gasteiger charge is 2.32. The summed E-state index contributed by atoms with van der Waals surface area (Å²) in [6.45, 7) is 4.82. The fourth-order valence-electron chi connectivity index (χ4n) is 1.58. The molecule has 1 atom stereocenters. The molecule has 0 radical (unpaired) electrons. The molecule has 21 heavy (non-hydrogen) atoms. The van der Waals surface area contributed by atoms with E-state index in [1.54, 1.807) is 32.9 Å². The van der Waals surface area contributed by atoms with Gasteiger partial charge in [-0.05, 0) is 17.5 Å². The van der Waals surface area contributed by atoms with Crippen LogP contribution >= 0.6 is 23.2 Å². The SMILES string of the molecule is CC(C)(C)C(NC(=O)COc1cc(Cl)ccc1Cl)C(=O)O. The van der Waals surface area contributed by atoms with Gasteiger partial charge in [0.25, 0.3) is 5.91 Å². The van der Waals surface area contributed by atoms with Gasteiger partial charge in [-0.1, -0.05) is 44.0 Å². The number of carboxylic acids is 1. The first-order chi connectivity index (χ1) is 9.61. The topological polar surface area (TPSA) is 75.6 Å². The fraction of sp³-hybridized carbons (Fsp3) is 0.429. The molecule has 0 fully saturated rings. The molecule has 1 aromatic rings. The highest BCUT2D eigenvalue weighted by atomic mass is 35.5. The van der Waals surface area contributed by atoms with Gasteiger partial charge in [-0.25, -0.2) is 4.79 Å². The van der Waals surface area contributed by atoms with Gasteiger partial charge < -0.3 is 15.2 Å². The molecule has 0 saturated heterocycles. The highest BCUT2D eigenvalue weighted by Crippen LogP contribution is 2.27. The number of carbonyl (C=O) groups is 2. The summed E-state index contributed by atoms with van der Waals surface area (Å²) in [6.07, 6.45) is 0. The first-order valence-electron chi connectivity index (χ1n) is 6.21. The summed E-state index contributed by atoms with van der Waals surface area (Å²) in [4.78, 5) is 23.0. The molecule has 2 N–H and O–H groups in total. The largest absolute Gasteiger partial charge is 0.482 e. The predicted molar refractivity (Wildman–Crippen MR) is 81.0 cm³/mol. The monoisotopic (exact) mass is 333 g/mol. The Bertz CT molecular complexity index is 540. The van der Waals surface area contributed by atoms with Crippen molar-refractivity contribution in [1.82, 2.24) is 5.32 Å². The molecule has 7 heteroatoms. The van der Waals surface area contributed by atoms with E-state index in [2.05, 4.69) is 5.32 Å². The van der Waals surface area contributed by atoms with Crippen LogP contribution in [0.3, 0.4) is 0 Å². The average Bonchev–Trinajstić information content (AvgIpc) is 2.35. The van der Waals surface area contributed by atoms with E-state index in [-0.39, 0.29) is 12.4 Å². The molecule has 0 aliphatic carbocycles. The van der Waals surface area contributed by atoms with Crippen molar-refractivity contribution in [2.75, 3.05) is 6.61 Å². The van der Waals surface area contributed by atoms with Crippen LogP contribution in [0.5, 0.6) is 5.75 Å².